The van der Waals surface area contributed by atoms with Gasteiger partial charge in [-0.05, 0) is 60.7 Å². The predicted molar refractivity (Wildman–Crippen MR) is 104 cm³/mol. The third-order valence-electron chi connectivity index (χ3n) is 4.31. The second kappa shape index (κ2) is 8.52. The molecule has 26 heavy (non-hydrogen) atoms. The van der Waals surface area contributed by atoms with E-state index in [0.717, 1.165) is 11.1 Å². The molecule has 0 aliphatic carbocycles. The molecule has 0 aliphatic heterocycles. The first-order valence-corrected chi connectivity index (χ1v) is 8.68. The molecule has 2 N–H and O–H groups in total. The summed E-state index contributed by atoms with van der Waals surface area (Å²) >= 11 is 0. The van der Waals surface area contributed by atoms with Gasteiger partial charge in [0.15, 0.2) is 6.61 Å². The van der Waals surface area contributed by atoms with Gasteiger partial charge in [-0.15, -0.1) is 0 Å². The van der Waals surface area contributed by atoms with E-state index in [1.807, 2.05) is 25.1 Å². The van der Waals surface area contributed by atoms with Crippen molar-refractivity contribution in [3.05, 3.63) is 58.7 Å². The first-order valence-electron chi connectivity index (χ1n) is 8.68. The number of amides is 2. The minimum atomic E-state index is -0.271. The van der Waals surface area contributed by atoms with Crippen molar-refractivity contribution in [3.8, 4) is 5.75 Å². The molecule has 2 rings (SSSR count). The fraction of sp³-hybridized carbons (Fsp3) is 0.333. The molecule has 0 aromatic heterocycles. The number of nitrogens with one attached hydrogen (secondary N) is 2. The SMILES string of the molecule is CNC(=O)c1cccc(NC(=O)COc2ccc(C(C)C)c(C)c2)c1C. The molecule has 0 atom stereocenters. The lowest BCUT2D eigenvalue weighted by Crippen LogP contribution is -2.23. The molecular weight excluding hydrogens is 328 g/mol. The van der Waals surface area contributed by atoms with Gasteiger partial charge in [-0.2, -0.15) is 0 Å². The second-order valence-corrected chi connectivity index (χ2v) is 6.57. The van der Waals surface area contributed by atoms with Crippen LogP contribution in [0, 0.1) is 13.8 Å². The zero-order valence-corrected chi connectivity index (χ0v) is 16.0. The Morgan fingerprint density at radius 2 is 1.85 bits per heavy atom. The Kier molecular flexibility index (Phi) is 6.39. The number of carbonyl (C=O) groups is 2. The molecule has 0 unspecified atom stereocenters. The molecule has 0 radical (unpaired) electrons. The van der Waals surface area contributed by atoms with Crippen molar-refractivity contribution in [1.29, 1.82) is 0 Å². The Balaban J connectivity index is 2.02. The van der Waals surface area contributed by atoms with E-state index in [-0.39, 0.29) is 18.4 Å². The molecule has 0 bridgehead atoms. The summed E-state index contributed by atoms with van der Waals surface area (Å²) in [5, 5.41) is 5.39. The highest BCUT2D eigenvalue weighted by molar-refractivity contribution is 5.99. The summed E-state index contributed by atoms with van der Waals surface area (Å²) in [5.74, 6) is 0.657. The monoisotopic (exact) mass is 354 g/mol. The number of aryl methyl sites for hydroxylation is 1. The summed E-state index contributed by atoms with van der Waals surface area (Å²) in [6.07, 6.45) is 0. The zero-order valence-electron chi connectivity index (χ0n) is 16.0. The smallest absolute Gasteiger partial charge is 0.262 e. The van der Waals surface area contributed by atoms with Gasteiger partial charge in [0.2, 0.25) is 0 Å². The van der Waals surface area contributed by atoms with Crippen LogP contribution < -0.4 is 15.4 Å². The van der Waals surface area contributed by atoms with E-state index in [0.29, 0.717) is 22.9 Å². The number of anilines is 1. The molecule has 0 heterocycles. The molecule has 5 heteroatoms. The van der Waals surface area contributed by atoms with E-state index in [4.69, 9.17) is 4.74 Å². The van der Waals surface area contributed by atoms with E-state index in [1.54, 1.807) is 32.2 Å². The van der Waals surface area contributed by atoms with Crippen molar-refractivity contribution < 1.29 is 14.3 Å². The topological polar surface area (TPSA) is 67.4 Å². The van der Waals surface area contributed by atoms with E-state index >= 15 is 0 Å². The second-order valence-electron chi connectivity index (χ2n) is 6.57. The first-order chi connectivity index (χ1) is 12.3. The minimum absolute atomic E-state index is 0.0931. The molecule has 0 fully saturated rings. The number of hydrogen-bond donors (Lipinski definition) is 2. The molecule has 0 saturated carbocycles. The molecule has 0 saturated heterocycles. The van der Waals surface area contributed by atoms with Gasteiger partial charge in [0.25, 0.3) is 11.8 Å². The highest BCUT2D eigenvalue weighted by Crippen LogP contribution is 2.23. The summed E-state index contributed by atoms with van der Waals surface area (Å²) in [6.45, 7) is 8.03. The van der Waals surface area contributed by atoms with Crippen molar-refractivity contribution in [3.63, 3.8) is 0 Å². The Morgan fingerprint density at radius 1 is 1.12 bits per heavy atom. The van der Waals surface area contributed by atoms with Gasteiger partial charge in [0.1, 0.15) is 5.75 Å². The lowest BCUT2D eigenvalue weighted by molar-refractivity contribution is -0.118. The summed E-state index contributed by atoms with van der Waals surface area (Å²) in [7, 11) is 1.58. The van der Waals surface area contributed by atoms with Gasteiger partial charge in [-0.1, -0.05) is 26.0 Å². The number of benzene rings is 2. The van der Waals surface area contributed by atoms with Crippen LogP contribution in [0.15, 0.2) is 36.4 Å². The summed E-state index contributed by atoms with van der Waals surface area (Å²) < 4.78 is 5.60. The zero-order chi connectivity index (χ0) is 19.3. The third kappa shape index (κ3) is 4.63. The Bertz CT molecular complexity index is 813. The van der Waals surface area contributed by atoms with Gasteiger partial charge in [-0.3, -0.25) is 9.59 Å². The predicted octanol–water partition coefficient (Wildman–Crippen LogP) is 3.80. The van der Waals surface area contributed by atoms with Crippen molar-refractivity contribution in [2.45, 2.75) is 33.6 Å². The van der Waals surface area contributed by atoms with Crippen molar-refractivity contribution in [1.82, 2.24) is 5.32 Å². The lowest BCUT2D eigenvalue weighted by atomic mass is 9.98. The Morgan fingerprint density at radius 3 is 2.46 bits per heavy atom. The van der Waals surface area contributed by atoms with E-state index < -0.39 is 0 Å². The Hall–Kier alpha value is -2.82. The molecule has 2 aromatic rings. The van der Waals surface area contributed by atoms with Crippen LogP contribution in [0.3, 0.4) is 0 Å². The van der Waals surface area contributed by atoms with Crippen molar-refractivity contribution >= 4 is 17.5 Å². The summed E-state index contributed by atoms with van der Waals surface area (Å²) in [5.41, 5.74) is 4.27. The molecule has 0 spiro atoms. The van der Waals surface area contributed by atoms with Crippen LogP contribution >= 0.6 is 0 Å². The molecule has 2 amide bonds. The fourth-order valence-electron chi connectivity index (χ4n) is 2.87. The highest BCUT2D eigenvalue weighted by atomic mass is 16.5. The van der Waals surface area contributed by atoms with E-state index in [1.165, 1.54) is 5.56 Å². The maximum Gasteiger partial charge on any atom is 0.262 e. The number of ether oxygens (including phenoxy) is 1. The number of carbonyl (C=O) groups excluding carboxylic acids is 2. The van der Waals surface area contributed by atoms with Gasteiger partial charge >= 0.3 is 0 Å². The minimum Gasteiger partial charge on any atom is -0.484 e. The van der Waals surface area contributed by atoms with Gasteiger partial charge < -0.3 is 15.4 Å². The van der Waals surface area contributed by atoms with Crippen molar-refractivity contribution in [2.75, 3.05) is 19.0 Å². The number of rotatable bonds is 6. The van der Waals surface area contributed by atoms with Gasteiger partial charge in [0.05, 0.1) is 0 Å². The van der Waals surface area contributed by atoms with Crippen molar-refractivity contribution in [2.24, 2.45) is 0 Å². The van der Waals surface area contributed by atoms with Crippen LogP contribution in [0.4, 0.5) is 5.69 Å². The lowest BCUT2D eigenvalue weighted by Gasteiger charge is -2.14. The van der Waals surface area contributed by atoms with E-state index in [9.17, 15) is 9.59 Å². The number of hydrogen-bond acceptors (Lipinski definition) is 3. The fourth-order valence-corrected chi connectivity index (χ4v) is 2.87. The van der Waals surface area contributed by atoms with Crippen LogP contribution in [-0.2, 0) is 4.79 Å². The average molecular weight is 354 g/mol. The molecule has 5 nitrogen and oxygen atoms in total. The summed E-state index contributed by atoms with van der Waals surface area (Å²) in [6, 6.07) is 11.1. The molecule has 138 valence electrons. The molecule has 0 aliphatic rings. The molecular formula is C21H26N2O3. The van der Waals surface area contributed by atoms with Crippen LogP contribution in [0.1, 0.15) is 46.8 Å². The van der Waals surface area contributed by atoms with Crippen LogP contribution in [-0.4, -0.2) is 25.5 Å². The van der Waals surface area contributed by atoms with Crippen LogP contribution in [0.5, 0.6) is 5.75 Å². The van der Waals surface area contributed by atoms with Gasteiger partial charge in [0, 0.05) is 18.3 Å². The quantitative estimate of drug-likeness (QED) is 0.829. The maximum atomic E-state index is 12.2. The summed E-state index contributed by atoms with van der Waals surface area (Å²) in [4.78, 5) is 24.1. The molecule has 2 aromatic carbocycles. The van der Waals surface area contributed by atoms with Crippen LogP contribution in [0.2, 0.25) is 0 Å². The standard InChI is InChI=1S/C21H26N2O3/c1-13(2)17-10-9-16(11-14(17)3)26-12-20(24)23-19-8-6-7-18(15(19)4)21(25)22-5/h6-11,13H,12H2,1-5H3,(H,22,25)(H,23,24). The average Bonchev–Trinajstić information content (AvgIpc) is 2.61. The third-order valence-corrected chi connectivity index (χ3v) is 4.31. The van der Waals surface area contributed by atoms with E-state index in [2.05, 4.69) is 24.5 Å². The highest BCUT2D eigenvalue weighted by Gasteiger charge is 2.12. The van der Waals surface area contributed by atoms with Crippen LogP contribution in [0.25, 0.3) is 0 Å². The Labute approximate surface area is 154 Å². The first kappa shape index (κ1) is 19.5. The normalized spacial score (nSPS) is 10.5. The maximum absolute atomic E-state index is 12.2. The van der Waals surface area contributed by atoms with Gasteiger partial charge in [-0.25, -0.2) is 0 Å². The largest absolute Gasteiger partial charge is 0.484 e.